The van der Waals surface area contributed by atoms with Crippen molar-refractivity contribution in [2.45, 2.75) is 50.8 Å². The maximum absolute atomic E-state index is 13.3. The quantitative estimate of drug-likeness (QED) is 0.0642. The number of phenols is 1. The zero-order valence-electron chi connectivity index (χ0n) is 34.4. The van der Waals surface area contributed by atoms with Crippen molar-refractivity contribution in [1.82, 2.24) is 20.5 Å². The number of aromatic amines is 1. The average molecular weight is 839 g/mol. The number of H-pyrrole nitrogens is 1. The number of benzene rings is 5. The Hall–Kier alpha value is -6.67. The minimum atomic E-state index is -0.912. The maximum Gasteiger partial charge on any atom is 0.408 e. The van der Waals surface area contributed by atoms with Crippen LogP contribution in [0.5, 0.6) is 17.2 Å². The van der Waals surface area contributed by atoms with Crippen LogP contribution in [-0.2, 0) is 29.2 Å². The molecular formula is C49H50N4O9. The summed E-state index contributed by atoms with van der Waals surface area (Å²) in [7, 11) is 1.55. The minimum absolute atomic E-state index is 0.0202. The monoisotopic (exact) mass is 838 g/mol. The van der Waals surface area contributed by atoms with Crippen LogP contribution in [0.3, 0.4) is 0 Å². The molecule has 5 aromatic carbocycles. The van der Waals surface area contributed by atoms with E-state index in [1.807, 2.05) is 78.9 Å². The van der Waals surface area contributed by atoms with Crippen molar-refractivity contribution in [3.05, 3.63) is 171 Å². The summed E-state index contributed by atoms with van der Waals surface area (Å²) in [6, 6.07) is 35.6. The number of nitrogens with one attached hydrogen (secondary N) is 3. The van der Waals surface area contributed by atoms with E-state index in [0.29, 0.717) is 46.0 Å². The van der Waals surface area contributed by atoms with Crippen molar-refractivity contribution in [2.75, 3.05) is 33.3 Å². The number of aliphatic hydroxyl groups is 1. The Kier molecular flexibility index (Phi) is 13.1. The molecule has 3 fully saturated rings. The Balaban J connectivity index is 0.840. The molecule has 3 atom stereocenters. The Morgan fingerprint density at radius 2 is 1.63 bits per heavy atom. The third-order valence-electron chi connectivity index (χ3n) is 11.7. The van der Waals surface area contributed by atoms with Gasteiger partial charge in [0, 0.05) is 36.7 Å². The zero-order chi connectivity index (χ0) is 43.0. The number of aliphatic hydroxyl groups excluding tert-OH is 1. The first kappa shape index (κ1) is 42.0. The number of esters is 1. The lowest BCUT2D eigenvalue weighted by Gasteiger charge is -2.43. The molecule has 3 aliphatic heterocycles. The highest BCUT2D eigenvalue weighted by Gasteiger charge is 2.37. The van der Waals surface area contributed by atoms with Gasteiger partial charge in [-0.2, -0.15) is 0 Å². The fourth-order valence-corrected chi connectivity index (χ4v) is 8.32. The van der Waals surface area contributed by atoms with E-state index in [4.69, 9.17) is 18.9 Å². The number of nitrogens with zero attached hydrogens (tertiary/aromatic N) is 1. The van der Waals surface area contributed by atoms with Crippen molar-refractivity contribution in [3.63, 3.8) is 0 Å². The molecule has 0 spiro atoms. The number of fused-ring (bicyclic) bond motifs is 4. The summed E-state index contributed by atoms with van der Waals surface area (Å²) in [5.41, 5.74) is 5.07. The largest absolute Gasteiger partial charge is 0.506 e. The predicted octanol–water partition coefficient (Wildman–Crippen LogP) is 6.91. The van der Waals surface area contributed by atoms with E-state index in [1.165, 1.54) is 12.1 Å². The fraction of sp³-hybridized carbons (Fsp3) is 0.286. The first-order valence-corrected chi connectivity index (χ1v) is 20.8. The van der Waals surface area contributed by atoms with Crippen LogP contribution in [0.15, 0.2) is 126 Å². The zero-order valence-corrected chi connectivity index (χ0v) is 34.4. The number of pyridine rings is 1. The molecular weight excluding hydrogens is 789 g/mol. The summed E-state index contributed by atoms with van der Waals surface area (Å²) >= 11 is 0. The van der Waals surface area contributed by atoms with Gasteiger partial charge in [0.2, 0.25) is 5.56 Å². The van der Waals surface area contributed by atoms with Crippen LogP contribution in [0.1, 0.15) is 68.7 Å². The van der Waals surface area contributed by atoms with E-state index < -0.39 is 24.2 Å². The molecule has 1 amide bonds. The Bertz CT molecular complexity index is 2560. The lowest BCUT2D eigenvalue weighted by Crippen LogP contribution is -2.52. The van der Waals surface area contributed by atoms with E-state index in [1.54, 1.807) is 37.4 Å². The highest BCUT2D eigenvalue weighted by molar-refractivity contribution is 5.89. The summed E-state index contributed by atoms with van der Waals surface area (Å²) in [4.78, 5) is 43.2. The number of methoxy groups -OCH3 is 1. The number of hydrogen-bond acceptors (Lipinski definition) is 11. The van der Waals surface area contributed by atoms with E-state index >= 15 is 0 Å². The molecule has 13 nitrogen and oxygen atoms in total. The van der Waals surface area contributed by atoms with Gasteiger partial charge in [0.05, 0.1) is 30.3 Å². The highest BCUT2D eigenvalue weighted by Crippen LogP contribution is 2.32. The van der Waals surface area contributed by atoms with E-state index in [0.717, 1.165) is 54.7 Å². The van der Waals surface area contributed by atoms with Crippen LogP contribution in [0.25, 0.3) is 10.9 Å². The molecule has 320 valence electrons. The summed E-state index contributed by atoms with van der Waals surface area (Å²) in [6.45, 7) is 3.77. The normalized spacial score (nSPS) is 17.8. The molecule has 4 heterocycles. The molecule has 62 heavy (non-hydrogen) atoms. The highest BCUT2D eigenvalue weighted by atomic mass is 16.6. The maximum atomic E-state index is 13.3. The molecule has 0 aliphatic carbocycles. The third-order valence-corrected chi connectivity index (χ3v) is 11.7. The molecule has 5 N–H and O–H groups in total. The van der Waals surface area contributed by atoms with Gasteiger partial charge < -0.3 is 44.8 Å². The Morgan fingerprint density at radius 1 is 0.855 bits per heavy atom. The second-order valence-corrected chi connectivity index (χ2v) is 15.8. The molecule has 13 heteroatoms. The van der Waals surface area contributed by atoms with Crippen molar-refractivity contribution in [3.8, 4) is 17.2 Å². The molecule has 0 saturated carbocycles. The van der Waals surface area contributed by atoms with Crippen molar-refractivity contribution >= 4 is 23.0 Å². The van der Waals surface area contributed by atoms with Crippen molar-refractivity contribution in [1.29, 1.82) is 0 Å². The molecule has 3 saturated heterocycles. The van der Waals surface area contributed by atoms with Gasteiger partial charge in [0.15, 0.2) is 0 Å². The fourth-order valence-electron chi connectivity index (χ4n) is 8.32. The first-order valence-electron chi connectivity index (χ1n) is 20.8. The molecule has 1 aromatic heterocycles. The second-order valence-electron chi connectivity index (χ2n) is 15.8. The van der Waals surface area contributed by atoms with Gasteiger partial charge in [-0.25, -0.2) is 9.59 Å². The number of carbonyl (C=O) groups excluding carboxylic acids is 2. The summed E-state index contributed by atoms with van der Waals surface area (Å²) in [5, 5.41) is 28.0. The van der Waals surface area contributed by atoms with Gasteiger partial charge in [-0.3, -0.25) is 9.69 Å². The Labute approximate surface area is 359 Å². The van der Waals surface area contributed by atoms with Crippen LogP contribution >= 0.6 is 0 Å². The summed E-state index contributed by atoms with van der Waals surface area (Å²) < 4.78 is 23.4. The standard InChI is InChI=1S/C49H50N4O9/c1-59-43-18-12-32(26-50-27-42(55)39-15-17-41(54)47-40(39)16-19-45(56)51-47)24-37(43)30-61-48(57)35-13-10-31(11-14-35)29-60-38-9-5-8-36(25-38)46(34-6-3-2-4-7-34)52-49(58)62-44-28-53-22-20-33(44)21-23-53/h2-19,24-25,33,42,44,46,50,54-55H,20-23,26-30H2,1H3,(H,51,56)(H,52,58)/t42-,44-,46-/m0/s1. The number of aromatic hydroxyl groups is 1. The number of phenolic OH excluding ortho intramolecular Hbond substituents is 1. The topological polar surface area (TPSA) is 172 Å². The first-order chi connectivity index (χ1) is 30.2. The lowest BCUT2D eigenvalue weighted by molar-refractivity contribution is -0.0336. The van der Waals surface area contributed by atoms with Crippen LogP contribution in [0, 0.1) is 5.92 Å². The van der Waals surface area contributed by atoms with Crippen molar-refractivity contribution in [2.24, 2.45) is 5.92 Å². The number of alkyl carbamates (subject to hydrolysis) is 1. The van der Waals surface area contributed by atoms with Crippen molar-refractivity contribution < 1.29 is 38.7 Å². The molecule has 3 aliphatic rings. The smallest absolute Gasteiger partial charge is 0.408 e. The summed E-state index contributed by atoms with van der Waals surface area (Å²) in [5.74, 6) is 1.04. The molecule has 9 rings (SSSR count). The molecule has 2 bridgehead atoms. The van der Waals surface area contributed by atoms with Crippen LogP contribution in [0.4, 0.5) is 4.79 Å². The van der Waals surface area contributed by atoms with Gasteiger partial charge in [-0.1, -0.05) is 66.7 Å². The number of rotatable bonds is 16. The molecule has 6 aromatic rings. The minimum Gasteiger partial charge on any atom is -0.506 e. The Morgan fingerprint density at radius 3 is 2.39 bits per heavy atom. The number of piperidine rings is 3. The van der Waals surface area contributed by atoms with E-state index in [2.05, 4.69) is 20.5 Å². The average Bonchev–Trinajstić information content (AvgIpc) is 3.30. The predicted molar refractivity (Wildman–Crippen MR) is 233 cm³/mol. The SMILES string of the molecule is COc1ccc(CNC[C@H](O)c2ccc(O)c3[nH]c(=O)ccc23)cc1COC(=O)c1ccc(COc2cccc([C@@H](NC(=O)O[C@H]3CN4CCC3CC4)c3ccccc3)c2)cc1. The van der Waals surface area contributed by atoms with E-state index in [-0.39, 0.29) is 42.7 Å². The van der Waals surface area contributed by atoms with Crippen LogP contribution < -0.4 is 25.7 Å². The number of hydrogen-bond donors (Lipinski definition) is 5. The number of aromatic nitrogens is 1. The molecule has 0 unspecified atom stereocenters. The third kappa shape index (κ3) is 10.1. The van der Waals surface area contributed by atoms with Gasteiger partial charge in [-0.05, 0) is 108 Å². The van der Waals surface area contributed by atoms with Gasteiger partial charge in [-0.15, -0.1) is 0 Å². The number of carbonyl (C=O) groups is 2. The van der Waals surface area contributed by atoms with E-state index in [9.17, 15) is 24.6 Å². The molecule has 0 radical (unpaired) electrons. The lowest BCUT2D eigenvalue weighted by atomic mass is 9.86. The van der Waals surface area contributed by atoms with Gasteiger partial charge >= 0.3 is 12.1 Å². The van der Waals surface area contributed by atoms with Crippen LogP contribution in [0.2, 0.25) is 0 Å². The summed E-state index contributed by atoms with van der Waals surface area (Å²) in [6.07, 6.45) is 0.674. The number of ether oxygens (including phenoxy) is 4. The van der Waals surface area contributed by atoms with Gasteiger partial charge in [0.1, 0.15) is 36.6 Å². The van der Waals surface area contributed by atoms with Gasteiger partial charge in [0.25, 0.3) is 0 Å². The second kappa shape index (κ2) is 19.4. The van der Waals surface area contributed by atoms with Crippen LogP contribution in [-0.4, -0.2) is 71.6 Å². The number of amides is 1.